The van der Waals surface area contributed by atoms with Gasteiger partial charge in [-0.15, -0.1) is 0 Å². The van der Waals surface area contributed by atoms with E-state index < -0.39 is 0 Å². The molecule has 2 unspecified atom stereocenters. The first kappa shape index (κ1) is 15.6. The zero-order chi connectivity index (χ0) is 14.7. The zero-order valence-corrected chi connectivity index (χ0v) is 13.9. The van der Waals surface area contributed by atoms with E-state index in [1.807, 2.05) is 37.3 Å². The molecule has 0 aliphatic heterocycles. The molecule has 0 spiro atoms. The van der Waals surface area contributed by atoms with Crippen LogP contribution in [0.4, 0.5) is 0 Å². The van der Waals surface area contributed by atoms with Crippen molar-refractivity contribution in [3.63, 3.8) is 0 Å². The molecule has 2 rings (SSSR count). The predicted octanol–water partition coefficient (Wildman–Crippen LogP) is 5.22. The van der Waals surface area contributed by atoms with E-state index in [1.165, 1.54) is 0 Å². The SMILES string of the molecule is CC(N)C(Oc1ccc(Cl)cc1Br)c1cccc(Cl)c1. The molecule has 20 heavy (non-hydrogen) atoms. The summed E-state index contributed by atoms with van der Waals surface area (Å²) in [5.74, 6) is 0.691. The van der Waals surface area contributed by atoms with E-state index in [0.29, 0.717) is 15.8 Å². The summed E-state index contributed by atoms with van der Waals surface area (Å²) in [6.07, 6.45) is -0.286. The summed E-state index contributed by atoms with van der Waals surface area (Å²) in [5.41, 5.74) is 6.98. The van der Waals surface area contributed by atoms with Crippen LogP contribution >= 0.6 is 39.1 Å². The molecule has 0 aromatic heterocycles. The Labute approximate surface area is 137 Å². The molecule has 2 aromatic rings. The van der Waals surface area contributed by atoms with Crippen molar-refractivity contribution in [1.82, 2.24) is 0 Å². The van der Waals surface area contributed by atoms with E-state index in [9.17, 15) is 0 Å². The van der Waals surface area contributed by atoms with E-state index >= 15 is 0 Å². The number of nitrogens with two attached hydrogens (primary N) is 1. The Balaban J connectivity index is 2.30. The Bertz CT molecular complexity index is 604. The van der Waals surface area contributed by atoms with Gasteiger partial charge in [0, 0.05) is 16.1 Å². The van der Waals surface area contributed by atoms with Gasteiger partial charge in [0.1, 0.15) is 11.9 Å². The first-order valence-corrected chi connectivity index (χ1v) is 7.65. The molecule has 2 aromatic carbocycles. The Morgan fingerprint density at radius 3 is 2.40 bits per heavy atom. The standard InChI is InChI=1S/C15H14BrCl2NO/c1-9(19)15(10-3-2-4-11(17)7-10)20-14-6-5-12(18)8-13(14)16/h2-9,15H,19H2,1H3. The highest BCUT2D eigenvalue weighted by molar-refractivity contribution is 9.10. The molecule has 0 fully saturated rings. The number of benzene rings is 2. The second-order valence-electron chi connectivity index (χ2n) is 4.53. The summed E-state index contributed by atoms with van der Waals surface area (Å²) in [6.45, 7) is 1.90. The fraction of sp³-hybridized carbons (Fsp3) is 0.200. The van der Waals surface area contributed by atoms with Gasteiger partial charge in [0.25, 0.3) is 0 Å². The van der Waals surface area contributed by atoms with Gasteiger partial charge >= 0.3 is 0 Å². The number of hydrogen-bond donors (Lipinski definition) is 1. The van der Waals surface area contributed by atoms with Gasteiger partial charge in [0.2, 0.25) is 0 Å². The summed E-state index contributed by atoms with van der Waals surface area (Å²) in [6, 6.07) is 12.7. The zero-order valence-electron chi connectivity index (χ0n) is 10.8. The minimum atomic E-state index is -0.286. The minimum Gasteiger partial charge on any atom is -0.483 e. The van der Waals surface area contributed by atoms with Crippen LogP contribution in [0.25, 0.3) is 0 Å². The topological polar surface area (TPSA) is 35.2 Å². The van der Waals surface area contributed by atoms with Crippen molar-refractivity contribution in [2.75, 3.05) is 0 Å². The Morgan fingerprint density at radius 1 is 1.10 bits per heavy atom. The highest BCUT2D eigenvalue weighted by atomic mass is 79.9. The molecule has 2 atom stereocenters. The highest BCUT2D eigenvalue weighted by Crippen LogP contribution is 2.33. The van der Waals surface area contributed by atoms with Crippen LogP contribution < -0.4 is 10.5 Å². The number of ether oxygens (including phenoxy) is 1. The van der Waals surface area contributed by atoms with Crippen molar-refractivity contribution in [3.8, 4) is 5.75 Å². The normalized spacial score (nSPS) is 13.8. The van der Waals surface area contributed by atoms with E-state index in [1.54, 1.807) is 12.1 Å². The lowest BCUT2D eigenvalue weighted by Gasteiger charge is -2.24. The van der Waals surface area contributed by atoms with Gasteiger partial charge in [-0.3, -0.25) is 0 Å². The van der Waals surface area contributed by atoms with Crippen LogP contribution in [0.3, 0.4) is 0 Å². The molecule has 5 heteroatoms. The second-order valence-corrected chi connectivity index (χ2v) is 6.25. The lowest BCUT2D eigenvalue weighted by molar-refractivity contribution is 0.179. The van der Waals surface area contributed by atoms with Crippen molar-refractivity contribution in [3.05, 3.63) is 62.5 Å². The molecule has 0 amide bonds. The third-order valence-corrected chi connectivity index (χ3v) is 3.89. The molecule has 0 saturated heterocycles. The molecule has 0 saturated carbocycles. The second kappa shape index (κ2) is 6.81. The lowest BCUT2D eigenvalue weighted by atomic mass is 10.0. The van der Waals surface area contributed by atoms with Crippen LogP contribution in [0.5, 0.6) is 5.75 Å². The van der Waals surface area contributed by atoms with Gasteiger partial charge in [-0.25, -0.2) is 0 Å². The third kappa shape index (κ3) is 3.89. The first-order valence-electron chi connectivity index (χ1n) is 6.10. The lowest BCUT2D eigenvalue weighted by Crippen LogP contribution is -2.29. The van der Waals surface area contributed by atoms with E-state index in [4.69, 9.17) is 33.7 Å². The molecule has 2 N–H and O–H groups in total. The summed E-state index contributed by atoms with van der Waals surface area (Å²) in [7, 11) is 0. The first-order chi connectivity index (χ1) is 9.47. The number of hydrogen-bond acceptors (Lipinski definition) is 2. The maximum absolute atomic E-state index is 6.04. The smallest absolute Gasteiger partial charge is 0.139 e. The summed E-state index contributed by atoms with van der Waals surface area (Å²) >= 11 is 15.4. The fourth-order valence-corrected chi connectivity index (χ4v) is 2.84. The van der Waals surface area contributed by atoms with Crippen molar-refractivity contribution in [2.45, 2.75) is 19.1 Å². The minimum absolute atomic E-state index is 0.184. The Kier molecular flexibility index (Phi) is 5.33. The molecule has 0 heterocycles. The monoisotopic (exact) mass is 373 g/mol. The van der Waals surface area contributed by atoms with Crippen molar-refractivity contribution < 1.29 is 4.74 Å². The van der Waals surface area contributed by atoms with E-state index in [0.717, 1.165) is 10.0 Å². The molecule has 106 valence electrons. The van der Waals surface area contributed by atoms with Crippen molar-refractivity contribution in [2.24, 2.45) is 5.73 Å². The molecule has 2 nitrogen and oxygen atoms in total. The third-order valence-electron chi connectivity index (χ3n) is 2.80. The van der Waals surface area contributed by atoms with Crippen LogP contribution in [-0.2, 0) is 0 Å². The molecule has 0 aliphatic carbocycles. The predicted molar refractivity (Wildman–Crippen MR) is 87.6 cm³/mol. The van der Waals surface area contributed by atoms with Gasteiger partial charge in [-0.05, 0) is 58.7 Å². The summed E-state index contributed by atoms with van der Waals surface area (Å²) < 4.78 is 6.80. The van der Waals surface area contributed by atoms with E-state index in [-0.39, 0.29) is 12.1 Å². The van der Waals surface area contributed by atoms with Gasteiger partial charge in [0.15, 0.2) is 0 Å². The van der Waals surface area contributed by atoms with Gasteiger partial charge in [-0.1, -0.05) is 35.3 Å². The maximum atomic E-state index is 6.04. The largest absolute Gasteiger partial charge is 0.483 e. The van der Waals surface area contributed by atoms with Crippen LogP contribution in [0.1, 0.15) is 18.6 Å². The fourth-order valence-electron chi connectivity index (χ4n) is 1.87. The number of halogens is 3. The van der Waals surface area contributed by atoms with Crippen LogP contribution in [0.2, 0.25) is 10.0 Å². The van der Waals surface area contributed by atoms with Gasteiger partial charge < -0.3 is 10.5 Å². The van der Waals surface area contributed by atoms with Crippen LogP contribution in [-0.4, -0.2) is 6.04 Å². The quantitative estimate of drug-likeness (QED) is 0.795. The number of rotatable bonds is 4. The van der Waals surface area contributed by atoms with Gasteiger partial charge in [0.05, 0.1) is 4.47 Å². The van der Waals surface area contributed by atoms with Gasteiger partial charge in [-0.2, -0.15) is 0 Å². The molecule has 0 bridgehead atoms. The van der Waals surface area contributed by atoms with Crippen LogP contribution in [0.15, 0.2) is 46.9 Å². The highest BCUT2D eigenvalue weighted by Gasteiger charge is 2.19. The van der Waals surface area contributed by atoms with Crippen molar-refractivity contribution in [1.29, 1.82) is 0 Å². The summed E-state index contributed by atoms with van der Waals surface area (Å²) in [5, 5.41) is 1.30. The average molecular weight is 375 g/mol. The van der Waals surface area contributed by atoms with Crippen LogP contribution in [0, 0.1) is 0 Å². The Hall–Kier alpha value is -0.740. The average Bonchev–Trinajstić information content (AvgIpc) is 2.37. The van der Waals surface area contributed by atoms with E-state index in [2.05, 4.69) is 15.9 Å². The molecule has 0 radical (unpaired) electrons. The Morgan fingerprint density at radius 2 is 1.80 bits per heavy atom. The molecular formula is C15H14BrCl2NO. The maximum Gasteiger partial charge on any atom is 0.139 e. The van der Waals surface area contributed by atoms with Crippen molar-refractivity contribution >= 4 is 39.1 Å². The molecular weight excluding hydrogens is 361 g/mol. The molecule has 0 aliphatic rings. The summed E-state index contributed by atoms with van der Waals surface area (Å²) in [4.78, 5) is 0.